The van der Waals surface area contributed by atoms with E-state index in [9.17, 15) is 9.18 Å². The molecule has 1 rings (SSSR count). The first-order valence-corrected chi connectivity index (χ1v) is 5.04. The van der Waals surface area contributed by atoms with Crippen LogP contribution >= 0.6 is 0 Å². The highest BCUT2D eigenvalue weighted by molar-refractivity contribution is 5.80. The van der Waals surface area contributed by atoms with Gasteiger partial charge in [0.15, 0.2) is 6.17 Å². The van der Waals surface area contributed by atoms with Gasteiger partial charge in [-0.15, -0.1) is 0 Å². The van der Waals surface area contributed by atoms with Crippen LogP contribution in [0.25, 0.3) is 0 Å². The van der Waals surface area contributed by atoms with Gasteiger partial charge in [0.1, 0.15) is 0 Å². The summed E-state index contributed by atoms with van der Waals surface area (Å²) in [7, 11) is 0. The minimum atomic E-state index is -1.38. The van der Waals surface area contributed by atoms with Gasteiger partial charge in [0, 0.05) is 6.04 Å². The maximum absolute atomic E-state index is 12.5. The average Bonchev–Trinajstić information content (AvgIpc) is 2.08. The second kappa shape index (κ2) is 4.58. The third-order valence-corrected chi connectivity index (χ3v) is 2.72. The molecule has 0 heterocycles. The number of rotatable bonds is 2. The van der Waals surface area contributed by atoms with Crippen LogP contribution in [-0.4, -0.2) is 18.1 Å². The molecule has 1 saturated carbocycles. The molecule has 1 aliphatic rings. The molecule has 3 heteroatoms. The highest BCUT2D eigenvalue weighted by atomic mass is 19.1. The molecule has 1 unspecified atom stereocenters. The lowest BCUT2D eigenvalue weighted by atomic mass is 9.87. The van der Waals surface area contributed by atoms with Crippen LogP contribution in [0.4, 0.5) is 4.39 Å². The van der Waals surface area contributed by atoms with E-state index in [1.807, 2.05) is 0 Å². The molecule has 0 aromatic rings. The Hall–Kier alpha value is -0.600. The average molecular weight is 187 g/mol. The van der Waals surface area contributed by atoms with Crippen molar-refractivity contribution in [2.24, 2.45) is 5.92 Å². The van der Waals surface area contributed by atoms with Crippen molar-refractivity contribution in [2.45, 2.75) is 51.7 Å². The van der Waals surface area contributed by atoms with Crippen LogP contribution in [0.5, 0.6) is 0 Å². The maximum atomic E-state index is 12.5. The fourth-order valence-corrected chi connectivity index (χ4v) is 1.72. The topological polar surface area (TPSA) is 29.1 Å². The lowest BCUT2D eigenvalue weighted by molar-refractivity contribution is -0.126. The molecule has 1 amide bonds. The first-order valence-electron chi connectivity index (χ1n) is 5.04. The van der Waals surface area contributed by atoms with Gasteiger partial charge in [0.2, 0.25) is 0 Å². The van der Waals surface area contributed by atoms with Crippen molar-refractivity contribution in [3.05, 3.63) is 0 Å². The molecule has 2 nitrogen and oxygen atoms in total. The number of amides is 1. The second-order valence-corrected chi connectivity index (χ2v) is 4.08. The Kier molecular flexibility index (Phi) is 3.70. The minimum Gasteiger partial charge on any atom is -0.351 e. The van der Waals surface area contributed by atoms with Crippen LogP contribution in [-0.2, 0) is 4.79 Å². The Labute approximate surface area is 78.9 Å². The van der Waals surface area contributed by atoms with Crippen LogP contribution in [0.1, 0.15) is 39.5 Å². The Balaban J connectivity index is 2.26. The molecule has 0 bridgehead atoms. The molecule has 1 atom stereocenters. The molecule has 0 radical (unpaired) electrons. The van der Waals surface area contributed by atoms with Crippen molar-refractivity contribution in [3.8, 4) is 0 Å². The van der Waals surface area contributed by atoms with Gasteiger partial charge in [-0.05, 0) is 38.5 Å². The Morgan fingerprint density at radius 1 is 1.38 bits per heavy atom. The molecular weight excluding hydrogens is 169 g/mol. The van der Waals surface area contributed by atoms with Gasteiger partial charge in [-0.3, -0.25) is 4.79 Å². The number of halogens is 1. The largest absolute Gasteiger partial charge is 0.351 e. The Morgan fingerprint density at radius 3 is 2.38 bits per heavy atom. The summed E-state index contributed by atoms with van der Waals surface area (Å²) >= 11 is 0. The molecule has 0 saturated heterocycles. The zero-order valence-electron chi connectivity index (χ0n) is 8.35. The van der Waals surface area contributed by atoms with E-state index in [0.29, 0.717) is 0 Å². The SMILES string of the molecule is CC1CCC(NC(=O)C(C)F)CC1. The van der Waals surface area contributed by atoms with Crippen LogP contribution < -0.4 is 5.32 Å². The molecular formula is C10H18FNO. The maximum Gasteiger partial charge on any atom is 0.254 e. The van der Waals surface area contributed by atoms with Gasteiger partial charge < -0.3 is 5.32 Å². The van der Waals surface area contributed by atoms with Gasteiger partial charge in [-0.1, -0.05) is 6.92 Å². The van der Waals surface area contributed by atoms with E-state index in [-0.39, 0.29) is 6.04 Å². The molecule has 0 aromatic heterocycles. The summed E-state index contributed by atoms with van der Waals surface area (Å²) in [4.78, 5) is 11.0. The summed E-state index contributed by atoms with van der Waals surface area (Å²) < 4.78 is 12.5. The van der Waals surface area contributed by atoms with Crippen LogP contribution in [0.3, 0.4) is 0 Å². The molecule has 13 heavy (non-hydrogen) atoms. The summed E-state index contributed by atoms with van der Waals surface area (Å²) in [6.07, 6.45) is 2.91. The monoisotopic (exact) mass is 187 g/mol. The highest BCUT2D eigenvalue weighted by Crippen LogP contribution is 2.23. The van der Waals surface area contributed by atoms with Gasteiger partial charge in [-0.25, -0.2) is 4.39 Å². The third-order valence-electron chi connectivity index (χ3n) is 2.72. The van der Waals surface area contributed by atoms with E-state index in [1.54, 1.807) is 0 Å². The number of alkyl halides is 1. The standard InChI is InChI=1S/C10H18FNO/c1-7-3-5-9(6-4-7)12-10(13)8(2)11/h7-9H,3-6H2,1-2H3,(H,12,13). The van der Waals surface area contributed by atoms with Crippen LogP contribution in [0.15, 0.2) is 0 Å². The summed E-state index contributed by atoms with van der Waals surface area (Å²) in [6, 6.07) is 0.210. The van der Waals surface area contributed by atoms with Crippen LogP contribution in [0, 0.1) is 5.92 Å². The van der Waals surface area contributed by atoms with Gasteiger partial charge in [0.05, 0.1) is 0 Å². The quantitative estimate of drug-likeness (QED) is 0.704. The van der Waals surface area contributed by atoms with Gasteiger partial charge in [0.25, 0.3) is 5.91 Å². The molecule has 0 aromatic carbocycles. The van der Waals surface area contributed by atoms with E-state index in [2.05, 4.69) is 12.2 Å². The minimum absolute atomic E-state index is 0.210. The summed E-state index contributed by atoms with van der Waals surface area (Å²) in [5.74, 6) is 0.301. The van der Waals surface area contributed by atoms with Crippen molar-refractivity contribution in [3.63, 3.8) is 0 Å². The van der Waals surface area contributed by atoms with E-state index in [0.717, 1.165) is 31.6 Å². The predicted molar refractivity (Wildman–Crippen MR) is 50.1 cm³/mol. The normalized spacial score (nSPS) is 31.0. The Bertz CT molecular complexity index is 174. The van der Waals surface area contributed by atoms with Gasteiger partial charge in [-0.2, -0.15) is 0 Å². The van der Waals surface area contributed by atoms with E-state index in [4.69, 9.17) is 0 Å². The first-order chi connectivity index (χ1) is 6.09. The second-order valence-electron chi connectivity index (χ2n) is 4.08. The number of hydrogen-bond donors (Lipinski definition) is 1. The lowest BCUT2D eigenvalue weighted by Gasteiger charge is -2.27. The fraction of sp³-hybridized carbons (Fsp3) is 0.900. The van der Waals surface area contributed by atoms with Crippen LogP contribution in [0.2, 0.25) is 0 Å². The predicted octanol–water partition coefficient (Wildman–Crippen LogP) is 2.04. The molecule has 0 spiro atoms. The zero-order valence-corrected chi connectivity index (χ0v) is 8.35. The van der Waals surface area contributed by atoms with E-state index >= 15 is 0 Å². The van der Waals surface area contributed by atoms with Crippen molar-refractivity contribution < 1.29 is 9.18 Å². The number of nitrogens with one attached hydrogen (secondary N) is 1. The molecule has 1 aliphatic carbocycles. The smallest absolute Gasteiger partial charge is 0.254 e. The first kappa shape index (κ1) is 10.5. The Morgan fingerprint density at radius 2 is 1.92 bits per heavy atom. The third kappa shape index (κ3) is 3.33. The summed E-state index contributed by atoms with van der Waals surface area (Å²) in [5.41, 5.74) is 0. The molecule has 1 fully saturated rings. The van der Waals surface area contributed by atoms with Crippen molar-refractivity contribution in [1.82, 2.24) is 5.32 Å². The number of carbonyl (C=O) groups excluding carboxylic acids is 1. The van der Waals surface area contributed by atoms with Crippen molar-refractivity contribution in [2.75, 3.05) is 0 Å². The molecule has 1 N–H and O–H groups in total. The fourth-order valence-electron chi connectivity index (χ4n) is 1.72. The zero-order chi connectivity index (χ0) is 9.84. The molecule has 76 valence electrons. The molecule has 0 aliphatic heterocycles. The van der Waals surface area contributed by atoms with E-state index in [1.165, 1.54) is 6.92 Å². The van der Waals surface area contributed by atoms with Gasteiger partial charge >= 0.3 is 0 Å². The highest BCUT2D eigenvalue weighted by Gasteiger charge is 2.21. The van der Waals surface area contributed by atoms with E-state index < -0.39 is 12.1 Å². The summed E-state index contributed by atoms with van der Waals surface area (Å²) in [6.45, 7) is 3.50. The van der Waals surface area contributed by atoms with Crippen molar-refractivity contribution in [1.29, 1.82) is 0 Å². The van der Waals surface area contributed by atoms with Crippen molar-refractivity contribution >= 4 is 5.91 Å². The lowest BCUT2D eigenvalue weighted by Crippen LogP contribution is -2.40. The summed E-state index contributed by atoms with van der Waals surface area (Å²) in [5, 5.41) is 2.72. The number of hydrogen-bond acceptors (Lipinski definition) is 1. The number of carbonyl (C=O) groups is 1.